The fourth-order valence-electron chi connectivity index (χ4n) is 1.25. The highest BCUT2D eigenvalue weighted by Crippen LogP contribution is 2.09. The molecule has 2 N–H and O–H groups in total. The van der Waals surface area contributed by atoms with E-state index in [1.807, 2.05) is 12.1 Å². The zero-order valence-corrected chi connectivity index (χ0v) is 8.64. The van der Waals surface area contributed by atoms with E-state index in [1.54, 1.807) is 7.11 Å². The largest absolute Gasteiger partial charge is 0.380 e. The van der Waals surface area contributed by atoms with Gasteiger partial charge in [0.2, 0.25) is 0 Å². The van der Waals surface area contributed by atoms with E-state index in [2.05, 4.69) is 12.1 Å². The van der Waals surface area contributed by atoms with Crippen LogP contribution in [0.15, 0.2) is 24.3 Å². The monoisotopic (exact) mass is 201 g/mol. The summed E-state index contributed by atoms with van der Waals surface area (Å²) in [6.07, 6.45) is 0.930. The number of methoxy groups -OCH3 is 1. The predicted octanol–water partition coefficient (Wildman–Crippen LogP) is 1.76. The Bertz CT molecular complexity index is 215. The van der Waals surface area contributed by atoms with Crippen molar-refractivity contribution in [3.05, 3.63) is 35.4 Å². The Labute approximate surface area is 85.5 Å². The third kappa shape index (κ3) is 3.77. The number of hydrogen-bond donors (Lipinski definition) is 1. The first-order chi connectivity index (χ1) is 5.88. The van der Waals surface area contributed by atoms with Gasteiger partial charge in [-0.1, -0.05) is 24.3 Å². The van der Waals surface area contributed by atoms with Gasteiger partial charge < -0.3 is 10.5 Å². The van der Waals surface area contributed by atoms with E-state index >= 15 is 0 Å². The van der Waals surface area contributed by atoms with E-state index < -0.39 is 0 Å². The second kappa shape index (κ2) is 6.89. The van der Waals surface area contributed by atoms with Gasteiger partial charge in [0.1, 0.15) is 0 Å². The summed E-state index contributed by atoms with van der Waals surface area (Å²) in [6, 6.07) is 8.23. The van der Waals surface area contributed by atoms with Crippen molar-refractivity contribution in [1.29, 1.82) is 0 Å². The summed E-state index contributed by atoms with van der Waals surface area (Å²) in [4.78, 5) is 0. The SMILES string of the molecule is COCc1ccccc1CCN.Cl. The Kier molecular flexibility index (Phi) is 6.59. The standard InChI is InChI=1S/C10H15NO.ClH/c1-12-8-10-5-3-2-4-9(10)6-7-11;/h2-5H,6-8,11H2,1H3;1H. The normalized spacial score (nSPS) is 9.38. The highest BCUT2D eigenvalue weighted by atomic mass is 35.5. The molecule has 1 rings (SSSR count). The Balaban J connectivity index is 0.00000144. The van der Waals surface area contributed by atoms with Crippen molar-refractivity contribution in [2.75, 3.05) is 13.7 Å². The molecule has 1 aromatic rings. The minimum atomic E-state index is 0. The lowest BCUT2D eigenvalue weighted by molar-refractivity contribution is 0.184. The molecule has 0 saturated carbocycles. The van der Waals surface area contributed by atoms with Crippen LogP contribution in [0, 0.1) is 0 Å². The molecular formula is C10H16ClNO. The molecule has 0 radical (unpaired) electrons. The van der Waals surface area contributed by atoms with Crippen molar-refractivity contribution < 1.29 is 4.74 Å². The van der Waals surface area contributed by atoms with E-state index in [9.17, 15) is 0 Å². The van der Waals surface area contributed by atoms with E-state index in [4.69, 9.17) is 10.5 Å². The Hall–Kier alpha value is -0.570. The average Bonchev–Trinajstić information content (AvgIpc) is 2.09. The average molecular weight is 202 g/mol. The highest BCUT2D eigenvalue weighted by Gasteiger charge is 1.98. The van der Waals surface area contributed by atoms with Crippen molar-refractivity contribution in [2.24, 2.45) is 5.73 Å². The Morgan fingerprint density at radius 1 is 1.23 bits per heavy atom. The number of benzene rings is 1. The van der Waals surface area contributed by atoms with Crippen LogP contribution in [0.1, 0.15) is 11.1 Å². The fraction of sp³-hybridized carbons (Fsp3) is 0.400. The lowest BCUT2D eigenvalue weighted by Gasteiger charge is -2.06. The molecule has 0 aliphatic carbocycles. The molecule has 0 aliphatic heterocycles. The minimum Gasteiger partial charge on any atom is -0.380 e. The fourth-order valence-corrected chi connectivity index (χ4v) is 1.25. The third-order valence-electron chi connectivity index (χ3n) is 1.83. The van der Waals surface area contributed by atoms with Crippen LogP contribution in [0.2, 0.25) is 0 Å². The third-order valence-corrected chi connectivity index (χ3v) is 1.83. The van der Waals surface area contributed by atoms with Crippen molar-refractivity contribution in [1.82, 2.24) is 0 Å². The first kappa shape index (κ1) is 12.4. The number of halogens is 1. The molecule has 0 aromatic heterocycles. The Morgan fingerprint density at radius 3 is 2.38 bits per heavy atom. The van der Waals surface area contributed by atoms with Gasteiger partial charge in [-0.2, -0.15) is 0 Å². The van der Waals surface area contributed by atoms with Crippen LogP contribution in [0.25, 0.3) is 0 Å². The zero-order valence-electron chi connectivity index (χ0n) is 7.82. The van der Waals surface area contributed by atoms with Crippen molar-refractivity contribution >= 4 is 12.4 Å². The molecule has 13 heavy (non-hydrogen) atoms. The van der Waals surface area contributed by atoms with Crippen LogP contribution in [-0.4, -0.2) is 13.7 Å². The highest BCUT2D eigenvalue weighted by molar-refractivity contribution is 5.85. The maximum Gasteiger partial charge on any atom is 0.0715 e. The van der Waals surface area contributed by atoms with Gasteiger partial charge in [0.05, 0.1) is 6.61 Å². The summed E-state index contributed by atoms with van der Waals surface area (Å²) in [5, 5.41) is 0. The topological polar surface area (TPSA) is 35.2 Å². The molecule has 2 nitrogen and oxygen atoms in total. The maximum atomic E-state index is 5.48. The molecule has 0 unspecified atom stereocenters. The van der Waals surface area contributed by atoms with Crippen LogP contribution in [0.3, 0.4) is 0 Å². The van der Waals surface area contributed by atoms with Gasteiger partial charge in [-0.25, -0.2) is 0 Å². The summed E-state index contributed by atoms with van der Waals surface area (Å²) >= 11 is 0. The summed E-state index contributed by atoms with van der Waals surface area (Å²) in [5.74, 6) is 0. The van der Waals surface area contributed by atoms with Gasteiger partial charge in [-0.05, 0) is 24.1 Å². The number of hydrogen-bond acceptors (Lipinski definition) is 2. The van der Waals surface area contributed by atoms with Crippen LogP contribution < -0.4 is 5.73 Å². The molecule has 0 spiro atoms. The molecule has 0 saturated heterocycles. The summed E-state index contributed by atoms with van der Waals surface area (Å²) in [5.41, 5.74) is 8.02. The molecule has 0 amide bonds. The molecular weight excluding hydrogens is 186 g/mol. The van der Waals surface area contributed by atoms with Gasteiger partial charge in [-0.15, -0.1) is 12.4 Å². The van der Waals surface area contributed by atoms with E-state index in [0.29, 0.717) is 13.2 Å². The van der Waals surface area contributed by atoms with Crippen LogP contribution in [-0.2, 0) is 17.8 Å². The van der Waals surface area contributed by atoms with Gasteiger partial charge in [0.15, 0.2) is 0 Å². The van der Waals surface area contributed by atoms with E-state index in [-0.39, 0.29) is 12.4 Å². The summed E-state index contributed by atoms with van der Waals surface area (Å²) in [6.45, 7) is 1.37. The van der Waals surface area contributed by atoms with E-state index in [0.717, 1.165) is 6.42 Å². The number of ether oxygens (including phenoxy) is 1. The van der Waals surface area contributed by atoms with Crippen LogP contribution in [0.4, 0.5) is 0 Å². The van der Waals surface area contributed by atoms with Gasteiger partial charge in [0, 0.05) is 7.11 Å². The lowest BCUT2D eigenvalue weighted by atomic mass is 10.1. The molecule has 0 bridgehead atoms. The minimum absolute atomic E-state index is 0. The first-order valence-electron chi connectivity index (χ1n) is 4.14. The number of nitrogens with two attached hydrogens (primary N) is 1. The van der Waals surface area contributed by atoms with E-state index in [1.165, 1.54) is 11.1 Å². The van der Waals surface area contributed by atoms with Gasteiger partial charge >= 0.3 is 0 Å². The van der Waals surface area contributed by atoms with Crippen molar-refractivity contribution in [2.45, 2.75) is 13.0 Å². The lowest BCUT2D eigenvalue weighted by Crippen LogP contribution is -2.05. The van der Waals surface area contributed by atoms with Crippen molar-refractivity contribution in [3.63, 3.8) is 0 Å². The molecule has 0 atom stereocenters. The summed E-state index contributed by atoms with van der Waals surface area (Å²) in [7, 11) is 1.71. The predicted molar refractivity (Wildman–Crippen MR) is 57.2 cm³/mol. The zero-order chi connectivity index (χ0) is 8.81. The second-order valence-electron chi connectivity index (χ2n) is 2.74. The maximum absolute atomic E-state index is 5.48. The molecule has 0 aliphatic rings. The smallest absolute Gasteiger partial charge is 0.0715 e. The van der Waals surface area contributed by atoms with Crippen LogP contribution >= 0.6 is 12.4 Å². The van der Waals surface area contributed by atoms with Crippen molar-refractivity contribution in [3.8, 4) is 0 Å². The quantitative estimate of drug-likeness (QED) is 0.806. The summed E-state index contributed by atoms with van der Waals surface area (Å²) < 4.78 is 5.07. The second-order valence-corrected chi connectivity index (χ2v) is 2.74. The van der Waals surface area contributed by atoms with Crippen LogP contribution in [0.5, 0.6) is 0 Å². The molecule has 0 heterocycles. The van der Waals surface area contributed by atoms with Gasteiger partial charge in [0.25, 0.3) is 0 Å². The first-order valence-corrected chi connectivity index (χ1v) is 4.14. The number of rotatable bonds is 4. The Morgan fingerprint density at radius 2 is 1.85 bits per heavy atom. The molecule has 0 fully saturated rings. The molecule has 1 aromatic carbocycles. The van der Waals surface area contributed by atoms with Gasteiger partial charge in [-0.3, -0.25) is 0 Å². The molecule has 3 heteroatoms. The molecule has 74 valence electrons.